The quantitative estimate of drug-likeness (QED) is 0.894. The van der Waals surface area contributed by atoms with Crippen LogP contribution in [0.4, 0.5) is 0 Å². The summed E-state index contributed by atoms with van der Waals surface area (Å²) in [6.07, 6.45) is 2.32. The smallest absolute Gasteiger partial charge is 0.0502 e. The maximum absolute atomic E-state index is 9.61. The summed E-state index contributed by atoms with van der Waals surface area (Å²) >= 11 is 3.58. The standard InChI is InChI=1S/C13H18BrNO/c14-13-4-2-1-3-11(13)12(9-16)10-5-7-15-8-6-10/h1-4,10,12,15-16H,5-9H2. The summed E-state index contributed by atoms with van der Waals surface area (Å²) in [6.45, 7) is 2.39. The summed E-state index contributed by atoms with van der Waals surface area (Å²) in [5.41, 5.74) is 1.25. The summed E-state index contributed by atoms with van der Waals surface area (Å²) < 4.78 is 1.12. The predicted molar refractivity (Wildman–Crippen MR) is 69.6 cm³/mol. The molecular formula is C13H18BrNO. The molecule has 1 atom stereocenters. The Morgan fingerprint density at radius 1 is 1.31 bits per heavy atom. The first kappa shape index (κ1) is 12.1. The van der Waals surface area contributed by atoms with E-state index in [-0.39, 0.29) is 12.5 Å². The second kappa shape index (κ2) is 5.80. The Balaban J connectivity index is 2.18. The van der Waals surface area contributed by atoms with Crippen molar-refractivity contribution in [1.29, 1.82) is 0 Å². The van der Waals surface area contributed by atoms with Gasteiger partial charge in [0, 0.05) is 10.4 Å². The number of piperidine rings is 1. The first-order valence-electron chi connectivity index (χ1n) is 5.89. The Hall–Kier alpha value is -0.380. The summed E-state index contributed by atoms with van der Waals surface area (Å²) in [7, 11) is 0. The number of halogens is 1. The predicted octanol–water partition coefficient (Wildman–Crippen LogP) is 2.52. The highest BCUT2D eigenvalue weighted by Gasteiger charge is 2.25. The maximum atomic E-state index is 9.61. The molecule has 0 spiro atoms. The molecule has 2 nitrogen and oxygen atoms in total. The molecule has 0 bridgehead atoms. The van der Waals surface area contributed by atoms with Crippen molar-refractivity contribution in [1.82, 2.24) is 5.32 Å². The zero-order valence-corrected chi connectivity index (χ0v) is 10.9. The van der Waals surface area contributed by atoms with Crippen LogP contribution in [0.25, 0.3) is 0 Å². The van der Waals surface area contributed by atoms with Gasteiger partial charge in [0.2, 0.25) is 0 Å². The Labute approximate surface area is 105 Å². The number of rotatable bonds is 3. The van der Waals surface area contributed by atoms with Crippen molar-refractivity contribution in [2.45, 2.75) is 18.8 Å². The number of hydrogen-bond donors (Lipinski definition) is 2. The molecule has 2 N–H and O–H groups in total. The Morgan fingerprint density at radius 2 is 2.00 bits per heavy atom. The van der Waals surface area contributed by atoms with Crippen LogP contribution in [-0.2, 0) is 0 Å². The monoisotopic (exact) mass is 283 g/mol. The molecule has 1 aromatic rings. The number of benzene rings is 1. The van der Waals surface area contributed by atoms with Crippen LogP contribution in [0.2, 0.25) is 0 Å². The van der Waals surface area contributed by atoms with Gasteiger partial charge in [0.25, 0.3) is 0 Å². The van der Waals surface area contributed by atoms with E-state index in [0.717, 1.165) is 30.4 Å². The molecule has 3 heteroatoms. The third-order valence-electron chi connectivity index (χ3n) is 3.45. The molecule has 0 saturated carbocycles. The van der Waals surface area contributed by atoms with Gasteiger partial charge in [-0.2, -0.15) is 0 Å². The maximum Gasteiger partial charge on any atom is 0.0502 e. The van der Waals surface area contributed by atoms with E-state index >= 15 is 0 Å². The Kier molecular flexibility index (Phi) is 4.38. The molecule has 1 fully saturated rings. The van der Waals surface area contributed by atoms with Crippen molar-refractivity contribution in [2.24, 2.45) is 5.92 Å². The van der Waals surface area contributed by atoms with Crippen molar-refractivity contribution < 1.29 is 5.11 Å². The van der Waals surface area contributed by atoms with Gasteiger partial charge in [0.15, 0.2) is 0 Å². The number of aliphatic hydroxyl groups excluding tert-OH is 1. The largest absolute Gasteiger partial charge is 0.396 e. The highest BCUT2D eigenvalue weighted by atomic mass is 79.9. The highest BCUT2D eigenvalue weighted by molar-refractivity contribution is 9.10. The van der Waals surface area contributed by atoms with E-state index in [1.54, 1.807) is 0 Å². The fourth-order valence-corrected chi connectivity index (χ4v) is 3.10. The van der Waals surface area contributed by atoms with Gasteiger partial charge >= 0.3 is 0 Å². The lowest BCUT2D eigenvalue weighted by Crippen LogP contribution is -2.32. The molecule has 0 radical (unpaired) electrons. The molecule has 1 aliphatic heterocycles. The molecule has 16 heavy (non-hydrogen) atoms. The second-order valence-corrected chi connectivity index (χ2v) is 5.25. The van der Waals surface area contributed by atoms with Crippen molar-refractivity contribution in [2.75, 3.05) is 19.7 Å². The third kappa shape index (κ3) is 2.65. The van der Waals surface area contributed by atoms with Crippen molar-refractivity contribution in [3.8, 4) is 0 Å². The van der Waals surface area contributed by atoms with Crippen LogP contribution in [0, 0.1) is 5.92 Å². The molecular weight excluding hydrogens is 266 g/mol. The molecule has 1 saturated heterocycles. The molecule has 0 aromatic heterocycles. The lowest BCUT2D eigenvalue weighted by molar-refractivity contribution is 0.201. The van der Waals surface area contributed by atoms with Crippen LogP contribution in [0.5, 0.6) is 0 Å². The van der Waals surface area contributed by atoms with Gasteiger partial charge in [-0.1, -0.05) is 34.1 Å². The molecule has 0 aliphatic carbocycles. The number of hydrogen-bond acceptors (Lipinski definition) is 2. The van der Waals surface area contributed by atoms with Gasteiger partial charge in [-0.15, -0.1) is 0 Å². The van der Waals surface area contributed by atoms with Gasteiger partial charge in [-0.3, -0.25) is 0 Å². The first-order valence-corrected chi connectivity index (χ1v) is 6.68. The molecule has 0 amide bonds. The highest BCUT2D eigenvalue weighted by Crippen LogP contribution is 2.34. The zero-order valence-electron chi connectivity index (χ0n) is 9.32. The van der Waals surface area contributed by atoms with E-state index in [0.29, 0.717) is 5.92 Å². The van der Waals surface area contributed by atoms with Crippen LogP contribution in [0.3, 0.4) is 0 Å². The summed E-state index contributed by atoms with van der Waals surface area (Å²) in [5, 5.41) is 13.0. The average molecular weight is 284 g/mol. The fraction of sp³-hybridized carbons (Fsp3) is 0.538. The minimum atomic E-state index is 0.243. The SMILES string of the molecule is OCC(c1ccccc1Br)C1CCNCC1. The van der Waals surface area contributed by atoms with Gasteiger partial charge in [0.05, 0.1) is 6.61 Å². The van der Waals surface area contributed by atoms with E-state index in [9.17, 15) is 5.11 Å². The molecule has 2 rings (SSSR count). The lowest BCUT2D eigenvalue weighted by atomic mass is 9.81. The van der Waals surface area contributed by atoms with Crippen molar-refractivity contribution in [3.05, 3.63) is 34.3 Å². The van der Waals surface area contributed by atoms with Gasteiger partial charge in [-0.05, 0) is 43.5 Å². The lowest BCUT2D eigenvalue weighted by Gasteiger charge is -2.30. The van der Waals surface area contributed by atoms with Crippen LogP contribution in [-0.4, -0.2) is 24.8 Å². The summed E-state index contributed by atoms with van der Waals surface area (Å²) in [6, 6.07) is 8.24. The van der Waals surface area contributed by atoms with Crippen LogP contribution < -0.4 is 5.32 Å². The molecule has 1 aromatic carbocycles. The average Bonchev–Trinajstić information content (AvgIpc) is 2.34. The molecule has 1 aliphatic rings. The van der Waals surface area contributed by atoms with Gasteiger partial charge in [-0.25, -0.2) is 0 Å². The Bertz CT molecular complexity index is 336. The first-order chi connectivity index (χ1) is 7.83. The van der Waals surface area contributed by atoms with Gasteiger partial charge in [0.1, 0.15) is 0 Å². The topological polar surface area (TPSA) is 32.3 Å². The number of aliphatic hydroxyl groups is 1. The third-order valence-corrected chi connectivity index (χ3v) is 4.18. The van der Waals surface area contributed by atoms with Crippen LogP contribution in [0.15, 0.2) is 28.7 Å². The van der Waals surface area contributed by atoms with Crippen molar-refractivity contribution >= 4 is 15.9 Å². The molecule has 1 heterocycles. The normalized spacial score (nSPS) is 19.6. The summed E-state index contributed by atoms with van der Waals surface area (Å²) in [5.74, 6) is 0.877. The molecule has 88 valence electrons. The molecule has 1 unspecified atom stereocenters. The second-order valence-electron chi connectivity index (χ2n) is 4.40. The van der Waals surface area contributed by atoms with Crippen LogP contribution in [0.1, 0.15) is 24.3 Å². The van der Waals surface area contributed by atoms with E-state index in [2.05, 4.69) is 33.4 Å². The fourth-order valence-electron chi connectivity index (χ4n) is 2.52. The van der Waals surface area contributed by atoms with Gasteiger partial charge < -0.3 is 10.4 Å². The van der Waals surface area contributed by atoms with Crippen LogP contribution >= 0.6 is 15.9 Å². The van der Waals surface area contributed by atoms with E-state index in [1.807, 2.05) is 12.1 Å². The van der Waals surface area contributed by atoms with E-state index < -0.39 is 0 Å². The minimum absolute atomic E-state index is 0.243. The Morgan fingerprint density at radius 3 is 2.62 bits per heavy atom. The zero-order chi connectivity index (χ0) is 11.4. The van der Waals surface area contributed by atoms with Crippen molar-refractivity contribution in [3.63, 3.8) is 0 Å². The number of nitrogens with one attached hydrogen (secondary N) is 1. The van der Waals surface area contributed by atoms with E-state index in [4.69, 9.17) is 0 Å². The minimum Gasteiger partial charge on any atom is -0.396 e. The summed E-state index contributed by atoms with van der Waals surface area (Å²) in [4.78, 5) is 0. The van der Waals surface area contributed by atoms with E-state index in [1.165, 1.54) is 5.56 Å².